The van der Waals surface area contributed by atoms with Gasteiger partial charge >= 0.3 is 0 Å². The van der Waals surface area contributed by atoms with Crippen molar-refractivity contribution < 1.29 is 5.76 Å². The van der Waals surface area contributed by atoms with Gasteiger partial charge in [-0.25, -0.2) is 4.39 Å². The smallest absolute Gasteiger partial charge is 0.123 e. The fourth-order valence-electron chi connectivity index (χ4n) is 13.2. The summed E-state index contributed by atoms with van der Waals surface area (Å²) >= 11 is 0. The standard InChI is InChI=1S/C58H43F/c59-45-24-26-54-53(34-45)46-25-23-42(33-55(46)58(54)43-28-35-27-36(30-43)31-44(58)29-35)41-22-19-39-11-8-16-51(52(39)32-41)57-49-14-6-4-12-47(49)56(48-13-5-7-15-50(48)57)40-20-17-38(18-21-40)37-9-2-1-3-10-37/h1-26,32-36,43-44H,27-31H2/i1D. The van der Waals surface area contributed by atoms with E-state index in [0.717, 1.165) is 28.5 Å². The first kappa shape index (κ1) is 32.6. The zero-order valence-corrected chi connectivity index (χ0v) is 32.9. The van der Waals surface area contributed by atoms with Crippen molar-refractivity contribution in [2.75, 3.05) is 0 Å². The molecule has 0 amide bonds. The molecule has 0 aliphatic heterocycles. The van der Waals surface area contributed by atoms with E-state index >= 15 is 4.39 Å². The number of hydrogen-bond acceptors (Lipinski definition) is 0. The van der Waals surface area contributed by atoms with Crippen molar-refractivity contribution >= 4 is 32.3 Å². The molecule has 5 aliphatic carbocycles. The van der Waals surface area contributed by atoms with Gasteiger partial charge in [-0.2, -0.15) is 0 Å². The van der Waals surface area contributed by atoms with E-state index < -0.39 is 0 Å². The summed E-state index contributed by atoms with van der Waals surface area (Å²) in [5.74, 6) is 2.83. The number of benzene rings is 9. The molecule has 0 atom stereocenters. The molecule has 4 fully saturated rings. The number of hydrogen-bond donors (Lipinski definition) is 0. The highest BCUT2D eigenvalue weighted by atomic mass is 19.1. The SMILES string of the molecule is [2H]c1ccc(-c2ccc(-c3c4ccccc4c(-c4cccc5ccc(-c6ccc7c(c6)C6(c8ccc(F)cc8-7)C7CC8CC(C7)CC6C8)cc45)c4ccccc34)cc2)cc1. The van der Waals surface area contributed by atoms with Crippen LogP contribution in [0.5, 0.6) is 0 Å². The molecule has 4 saturated carbocycles. The number of fused-ring (bicyclic) bond motifs is 6. The summed E-state index contributed by atoms with van der Waals surface area (Å²) in [5, 5.41) is 7.43. The van der Waals surface area contributed by atoms with Crippen LogP contribution in [-0.4, -0.2) is 0 Å². The molecule has 0 heterocycles. The van der Waals surface area contributed by atoms with Gasteiger partial charge in [-0.1, -0.05) is 152 Å². The van der Waals surface area contributed by atoms with Gasteiger partial charge in [-0.3, -0.25) is 0 Å². The van der Waals surface area contributed by atoms with E-state index in [1.807, 2.05) is 30.3 Å². The van der Waals surface area contributed by atoms with E-state index in [4.69, 9.17) is 1.37 Å². The monoisotopic (exact) mass is 759 g/mol. The highest BCUT2D eigenvalue weighted by molar-refractivity contribution is 6.23. The molecule has 14 rings (SSSR count). The topological polar surface area (TPSA) is 0 Å². The van der Waals surface area contributed by atoms with Gasteiger partial charge < -0.3 is 0 Å². The quantitative estimate of drug-likeness (QED) is 0.157. The molecule has 59 heavy (non-hydrogen) atoms. The van der Waals surface area contributed by atoms with Gasteiger partial charge in [-0.05, 0) is 179 Å². The molecule has 0 N–H and O–H groups in total. The maximum Gasteiger partial charge on any atom is 0.123 e. The van der Waals surface area contributed by atoms with Crippen LogP contribution in [-0.2, 0) is 5.41 Å². The zero-order valence-electron chi connectivity index (χ0n) is 33.9. The number of halogens is 1. The molecule has 1 heteroatoms. The minimum atomic E-state index is -0.134. The molecule has 0 radical (unpaired) electrons. The van der Waals surface area contributed by atoms with Crippen molar-refractivity contribution in [3.63, 3.8) is 0 Å². The third kappa shape index (κ3) is 4.82. The second kappa shape index (κ2) is 12.6. The molecule has 9 aromatic rings. The molecule has 0 unspecified atom stereocenters. The minimum absolute atomic E-state index is 0.0164. The average Bonchev–Trinajstić information content (AvgIpc) is 3.56. The minimum Gasteiger partial charge on any atom is -0.207 e. The molecule has 0 saturated heterocycles. The summed E-state index contributed by atoms with van der Waals surface area (Å²) in [6, 6.07) is 61.7. The van der Waals surface area contributed by atoms with Crippen LogP contribution in [0.1, 0.15) is 44.6 Å². The van der Waals surface area contributed by atoms with Crippen LogP contribution < -0.4 is 0 Å². The fraction of sp³-hybridized carbons (Fsp3) is 0.172. The Morgan fingerprint density at radius 3 is 1.69 bits per heavy atom. The van der Waals surface area contributed by atoms with Gasteiger partial charge in [-0.15, -0.1) is 0 Å². The predicted molar refractivity (Wildman–Crippen MR) is 244 cm³/mol. The Kier molecular flexibility index (Phi) is 6.96. The van der Waals surface area contributed by atoms with E-state index in [0.29, 0.717) is 17.9 Å². The van der Waals surface area contributed by atoms with Crippen LogP contribution in [0.4, 0.5) is 4.39 Å². The summed E-state index contributed by atoms with van der Waals surface area (Å²) in [7, 11) is 0. The Bertz CT molecular complexity index is 3140. The lowest BCUT2D eigenvalue weighted by Crippen LogP contribution is -2.55. The van der Waals surface area contributed by atoms with Gasteiger partial charge in [0.25, 0.3) is 0 Å². The lowest BCUT2D eigenvalue weighted by Gasteiger charge is -2.61. The number of rotatable bonds is 4. The molecule has 5 aliphatic rings. The van der Waals surface area contributed by atoms with E-state index in [9.17, 15) is 0 Å². The highest BCUT2D eigenvalue weighted by Gasteiger charge is 2.61. The van der Waals surface area contributed by atoms with Crippen molar-refractivity contribution in [3.05, 3.63) is 193 Å². The van der Waals surface area contributed by atoms with Gasteiger partial charge in [0.1, 0.15) is 5.82 Å². The summed E-state index contributed by atoms with van der Waals surface area (Å²) in [4.78, 5) is 0. The van der Waals surface area contributed by atoms with Gasteiger partial charge in [0.2, 0.25) is 0 Å². The first-order valence-corrected chi connectivity index (χ1v) is 21.6. The van der Waals surface area contributed by atoms with Crippen LogP contribution in [0.25, 0.3) is 88.0 Å². The molecular weight excluding hydrogens is 716 g/mol. The Labute approximate surface area is 346 Å². The zero-order chi connectivity index (χ0) is 39.7. The van der Waals surface area contributed by atoms with Gasteiger partial charge in [0, 0.05) is 5.41 Å². The Morgan fingerprint density at radius 1 is 0.407 bits per heavy atom. The molecule has 4 bridgehead atoms. The Morgan fingerprint density at radius 2 is 1.00 bits per heavy atom. The first-order chi connectivity index (χ1) is 29.5. The van der Waals surface area contributed by atoms with Crippen molar-refractivity contribution in [1.29, 1.82) is 0 Å². The van der Waals surface area contributed by atoms with Gasteiger partial charge in [0.05, 0.1) is 1.37 Å². The average molecular weight is 760 g/mol. The van der Waals surface area contributed by atoms with Crippen LogP contribution in [0.15, 0.2) is 176 Å². The second-order valence-corrected chi connectivity index (χ2v) is 18.1. The lowest BCUT2D eigenvalue weighted by atomic mass is 9.43. The summed E-state index contributed by atoms with van der Waals surface area (Å²) in [6.45, 7) is 0. The van der Waals surface area contributed by atoms with E-state index in [2.05, 4.69) is 133 Å². The summed E-state index contributed by atoms with van der Waals surface area (Å²) in [6.07, 6.45) is 6.64. The molecule has 0 nitrogen and oxygen atoms in total. The third-order valence-corrected chi connectivity index (χ3v) is 15.3. The highest BCUT2D eigenvalue weighted by Crippen LogP contribution is 2.69. The Hall–Kier alpha value is -6.31. The molecule has 0 aromatic heterocycles. The predicted octanol–water partition coefficient (Wildman–Crippen LogP) is 15.7. The van der Waals surface area contributed by atoms with E-state index in [1.165, 1.54) is 114 Å². The lowest BCUT2D eigenvalue weighted by molar-refractivity contribution is -0.0399. The normalized spacial score (nSPS) is 22.6. The Balaban J connectivity index is 0.978. The van der Waals surface area contributed by atoms with Crippen LogP contribution >= 0.6 is 0 Å². The van der Waals surface area contributed by atoms with Gasteiger partial charge in [0.15, 0.2) is 0 Å². The second-order valence-electron chi connectivity index (χ2n) is 18.1. The van der Waals surface area contributed by atoms with Crippen molar-refractivity contribution in [1.82, 2.24) is 0 Å². The van der Waals surface area contributed by atoms with E-state index in [-0.39, 0.29) is 11.2 Å². The maximum absolute atomic E-state index is 15.0. The van der Waals surface area contributed by atoms with E-state index in [1.54, 1.807) is 6.07 Å². The molecular formula is C58H43F. The molecule has 1 spiro atoms. The third-order valence-electron chi connectivity index (χ3n) is 15.3. The largest absolute Gasteiger partial charge is 0.207 e. The van der Waals surface area contributed by atoms with Crippen LogP contribution in [0.3, 0.4) is 0 Å². The van der Waals surface area contributed by atoms with Crippen molar-refractivity contribution in [3.8, 4) is 55.6 Å². The van der Waals surface area contributed by atoms with Crippen LogP contribution in [0.2, 0.25) is 0 Å². The maximum atomic E-state index is 15.0. The molecule has 9 aromatic carbocycles. The summed E-state index contributed by atoms with van der Waals surface area (Å²) in [5.41, 5.74) is 14.9. The molecule has 282 valence electrons. The fourth-order valence-corrected chi connectivity index (χ4v) is 13.2. The summed E-state index contributed by atoms with van der Waals surface area (Å²) < 4.78 is 23.0. The van der Waals surface area contributed by atoms with Crippen molar-refractivity contribution in [2.24, 2.45) is 23.7 Å². The van der Waals surface area contributed by atoms with Crippen LogP contribution in [0, 0.1) is 29.5 Å². The first-order valence-electron chi connectivity index (χ1n) is 22.1. The van der Waals surface area contributed by atoms with Crippen molar-refractivity contribution in [2.45, 2.75) is 37.5 Å².